The van der Waals surface area contributed by atoms with Gasteiger partial charge in [0.15, 0.2) is 0 Å². The van der Waals surface area contributed by atoms with Crippen molar-refractivity contribution >= 4 is 11.8 Å². The van der Waals surface area contributed by atoms with E-state index in [9.17, 15) is 20.1 Å². The van der Waals surface area contributed by atoms with Gasteiger partial charge in [-0.05, 0) is 81.1 Å². The van der Waals surface area contributed by atoms with Gasteiger partial charge in [0.25, 0.3) is 0 Å². The molecule has 3 fully saturated rings. The van der Waals surface area contributed by atoms with Crippen molar-refractivity contribution in [1.82, 2.24) is 9.80 Å². The molecule has 3 heterocycles. The molecule has 1 aromatic carbocycles. The average Bonchev–Trinajstić information content (AvgIpc) is 4.06. The molecule has 7 atom stereocenters. The SMILES string of the molecule is C=CCO[C@@]12Oc3ccc(OCCN4CC4)cc3[C@H]3[C@H](CCCCO)[C@@H](CCCCO)C=C(C(=NOC4CCCCO4)C[C@@H]1N(CCOCCO)C(=O)OCC)[C@H]32. The number of aliphatic hydroxyl groups excluding tert-OH is 3. The molecule has 318 valence electrons. The van der Waals surface area contributed by atoms with Crippen molar-refractivity contribution in [2.45, 2.75) is 95.2 Å². The van der Waals surface area contributed by atoms with Gasteiger partial charge in [-0.2, -0.15) is 0 Å². The number of carbonyl (C=O) groups is 1. The van der Waals surface area contributed by atoms with Gasteiger partial charge in [0.1, 0.15) is 24.1 Å². The molecular weight excluding hydrogens is 734 g/mol. The first kappa shape index (κ1) is 43.3. The minimum absolute atomic E-state index is 0.0812. The summed E-state index contributed by atoms with van der Waals surface area (Å²) in [5, 5.41) is 34.1. The maximum Gasteiger partial charge on any atom is 0.410 e. The first-order chi connectivity index (χ1) is 28.0. The predicted molar refractivity (Wildman–Crippen MR) is 213 cm³/mol. The lowest BCUT2D eigenvalue weighted by molar-refractivity contribution is -0.256. The Balaban J connectivity index is 1.53. The zero-order chi connectivity index (χ0) is 40.0. The Bertz CT molecular complexity index is 1500. The second kappa shape index (κ2) is 21.7. The Labute approximate surface area is 337 Å². The highest BCUT2D eigenvalue weighted by Gasteiger charge is 2.65. The third-order valence-electron chi connectivity index (χ3n) is 11.9. The Hall–Kier alpha value is -3.24. The second-order valence-corrected chi connectivity index (χ2v) is 15.6. The predicted octanol–water partition coefficient (Wildman–Crippen LogP) is 5.01. The molecule has 14 heteroatoms. The van der Waals surface area contributed by atoms with E-state index >= 15 is 0 Å². The van der Waals surface area contributed by atoms with E-state index in [4.69, 9.17) is 38.4 Å². The summed E-state index contributed by atoms with van der Waals surface area (Å²) in [6, 6.07) is 5.26. The van der Waals surface area contributed by atoms with Crippen molar-refractivity contribution < 1.29 is 53.4 Å². The molecule has 3 N–H and O–H groups in total. The molecule has 1 amide bonds. The van der Waals surface area contributed by atoms with Crippen LogP contribution in [-0.4, -0.2) is 141 Å². The molecule has 0 radical (unpaired) electrons. The number of hydrogen-bond donors (Lipinski definition) is 3. The van der Waals surface area contributed by atoms with Gasteiger partial charge in [-0.25, -0.2) is 4.79 Å². The van der Waals surface area contributed by atoms with E-state index in [0.717, 1.165) is 81.5 Å². The van der Waals surface area contributed by atoms with E-state index in [1.54, 1.807) is 17.9 Å². The Kier molecular flexibility index (Phi) is 16.5. The van der Waals surface area contributed by atoms with Crippen molar-refractivity contribution in [3.05, 3.63) is 48.1 Å². The lowest BCUT2D eigenvalue weighted by atomic mass is 9.55. The standard InChI is InChI=1S/C43H65N3O11/c1-3-23-55-43-38(46(42(50)52-4-2)19-25-51-27-22-49)30-36(44-57-39-13-7-10-24-54-39)34-28-31(11-5-8-20-47)33(12-6-9-21-48)40(41(34)43)35-29-32(14-15-37(35)56-43)53-26-18-45-16-17-45/h3,14-15,28-29,31,33,38-41,47-49H,1,4-13,16-27,30H2,2H3/t31-,33+,38-,39?,40+,41+,43+/m0/s1. The summed E-state index contributed by atoms with van der Waals surface area (Å²) >= 11 is 0. The fraction of sp³-hybridized carbons (Fsp3) is 0.721. The molecule has 14 nitrogen and oxygen atoms in total. The van der Waals surface area contributed by atoms with Crippen LogP contribution in [0.1, 0.15) is 82.6 Å². The third kappa shape index (κ3) is 10.7. The number of rotatable bonds is 24. The third-order valence-corrected chi connectivity index (χ3v) is 11.9. The van der Waals surface area contributed by atoms with Gasteiger partial charge in [0, 0.05) is 63.7 Å². The van der Waals surface area contributed by atoms with Crippen molar-refractivity contribution in [1.29, 1.82) is 0 Å². The maximum absolute atomic E-state index is 14.1. The molecule has 0 spiro atoms. The minimum Gasteiger partial charge on any atom is -0.492 e. The van der Waals surface area contributed by atoms with E-state index in [0.29, 0.717) is 37.5 Å². The molecule has 2 saturated heterocycles. The van der Waals surface area contributed by atoms with Gasteiger partial charge in [0.2, 0.25) is 12.1 Å². The van der Waals surface area contributed by atoms with Gasteiger partial charge in [-0.3, -0.25) is 9.80 Å². The number of carbonyl (C=O) groups excluding carboxylic acids is 1. The van der Waals surface area contributed by atoms with E-state index in [2.05, 4.69) is 23.6 Å². The summed E-state index contributed by atoms with van der Waals surface area (Å²) < 4.78 is 38.0. The number of oxime groups is 1. The smallest absolute Gasteiger partial charge is 0.410 e. The van der Waals surface area contributed by atoms with Crippen LogP contribution in [0.3, 0.4) is 0 Å². The molecule has 1 aromatic rings. The van der Waals surface area contributed by atoms with Crippen LogP contribution >= 0.6 is 0 Å². The van der Waals surface area contributed by atoms with Crippen molar-refractivity contribution in [2.24, 2.45) is 22.9 Å². The Morgan fingerprint density at radius 2 is 1.89 bits per heavy atom. The second-order valence-electron chi connectivity index (χ2n) is 15.6. The van der Waals surface area contributed by atoms with Gasteiger partial charge in [-0.1, -0.05) is 30.1 Å². The maximum atomic E-state index is 14.1. The van der Waals surface area contributed by atoms with Crippen LogP contribution in [-0.2, 0) is 23.8 Å². The van der Waals surface area contributed by atoms with Crippen LogP contribution in [0.4, 0.5) is 4.79 Å². The normalized spacial score (nSPS) is 28.4. The van der Waals surface area contributed by atoms with E-state index in [-0.39, 0.29) is 77.0 Å². The van der Waals surface area contributed by atoms with Crippen molar-refractivity contribution in [3.8, 4) is 11.5 Å². The fourth-order valence-electron chi connectivity index (χ4n) is 9.15. The summed E-state index contributed by atoms with van der Waals surface area (Å²) in [5.74, 6) is -0.474. The van der Waals surface area contributed by atoms with Crippen LogP contribution in [0.25, 0.3) is 0 Å². The zero-order valence-electron chi connectivity index (χ0n) is 33.8. The van der Waals surface area contributed by atoms with Crippen LogP contribution < -0.4 is 9.47 Å². The average molecular weight is 800 g/mol. The summed E-state index contributed by atoms with van der Waals surface area (Å²) in [6.07, 6.45) is 10.6. The summed E-state index contributed by atoms with van der Waals surface area (Å²) in [7, 11) is 0. The topological polar surface area (TPSA) is 161 Å². The van der Waals surface area contributed by atoms with Crippen LogP contribution in [0.5, 0.6) is 11.5 Å². The number of benzene rings is 1. The number of allylic oxidation sites excluding steroid dienone is 1. The number of nitrogens with zero attached hydrogens (tertiary/aromatic N) is 3. The summed E-state index contributed by atoms with van der Waals surface area (Å²) in [6.45, 7) is 10.8. The highest BCUT2D eigenvalue weighted by atomic mass is 16.8. The highest BCUT2D eigenvalue weighted by molar-refractivity contribution is 6.03. The lowest BCUT2D eigenvalue weighted by Gasteiger charge is -2.59. The lowest BCUT2D eigenvalue weighted by Crippen LogP contribution is -2.70. The van der Waals surface area contributed by atoms with Crippen molar-refractivity contribution in [3.63, 3.8) is 0 Å². The van der Waals surface area contributed by atoms with Crippen molar-refractivity contribution in [2.75, 3.05) is 85.6 Å². The molecular formula is C43H65N3O11. The van der Waals surface area contributed by atoms with E-state index < -0.39 is 30.1 Å². The molecule has 0 aromatic heterocycles. The molecule has 2 aliphatic carbocycles. The highest BCUT2D eigenvalue weighted by Crippen LogP contribution is 2.62. The molecule has 0 bridgehead atoms. The molecule has 1 saturated carbocycles. The quantitative estimate of drug-likeness (QED) is 0.0556. The van der Waals surface area contributed by atoms with Crippen LogP contribution in [0.15, 0.2) is 47.7 Å². The van der Waals surface area contributed by atoms with Crippen LogP contribution in [0.2, 0.25) is 0 Å². The number of ether oxygens (including phenoxy) is 6. The Morgan fingerprint density at radius 1 is 1.07 bits per heavy atom. The zero-order valence-corrected chi connectivity index (χ0v) is 33.8. The molecule has 6 rings (SSSR count). The molecule has 5 aliphatic rings. The molecule has 1 unspecified atom stereocenters. The molecule has 3 aliphatic heterocycles. The van der Waals surface area contributed by atoms with Crippen LogP contribution in [0, 0.1) is 17.8 Å². The van der Waals surface area contributed by atoms with E-state index in [1.807, 2.05) is 12.1 Å². The van der Waals surface area contributed by atoms with Gasteiger partial charge >= 0.3 is 6.09 Å². The van der Waals surface area contributed by atoms with E-state index in [1.165, 1.54) is 0 Å². The summed E-state index contributed by atoms with van der Waals surface area (Å²) in [4.78, 5) is 24.3. The largest absolute Gasteiger partial charge is 0.492 e. The number of hydrogen-bond acceptors (Lipinski definition) is 13. The number of unbranched alkanes of at least 4 members (excludes halogenated alkanes) is 2. The van der Waals surface area contributed by atoms with Gasteiger partial charge in [-0.15, -0.1) is 6.58 Å². The van der Waals surface area contributed by atoms with Gasteiger partial charge in [0.05, 0.1) is 51.3 Å². The first-order valence-corrected chi connectivity index (χ1v) is 21.3. The summed E-state index contributed by atoms with van der Waals surface area (Å²) in [5.41, 5.74) is 2.63. The number of aliphatic hydroxyl groups is 3. The Morgan fingerprint density at radius 3 is 2.61 bits per heavy atom. The van der Waals surface area contributed by atoms with Gasteiger partial charge < -0.3 is 48.6 Å². The first-order valence-electron chi connectivity index (χ1n) is 21.3. The number of fused-ring (bicyclic) bond motifs is 2. The monoisotopic (exact) mass is 799 g/mol. The fourth-order valence-corrected chi connectivity index (χ4v) is 9.15. The molecule has 57 heavy (non-hydrogen) atoms. The number of amides is 1. The minimum atomic E-state index is -1.42.